The summed E-state index contributed by atoms with van der Waals surface area (Å²) >= 11 is 0. The third kappa shape index (κ3) is 4.55. The van der Waals surface area contributed by atoms with Crippen LogP contribution in [-0.2, 0) is 0 Å². The monoisotopic (exact) mass is 711 g/mol. The number of para-hydroxylation sites is 3. The van der Waals surface area contributed by atoms with Crippen molar-refractivity contribution in [3.63, 3.8) is 0 Å². The van der Waals surface area contributed by atoms with Gasteiger partial charge in [0.15, 0.2) is 0 Å². The minimum absolute atomic E-state index is 0.965. The van der Waals surface area contributed by atoms with Gasteiger partial charge in [-0.3, -0.25) is 0 Å². The molecule has 260 valence electrons. The van der Waals surface area contributed by atoms with E-state index in [9.17, 15) is 0 Å². The number of rotatable bonds is 4. The normalized spacial score (nSPS) is 11.9. The zero-order valence-corrected chi connectivity index (χ0v) is 30.4. The van der Waals surface area contributed by atoms with Crippen LogP contribution < -0.4 is 0 Å². The predicted octanol–water partition coefficient (Wildman–Crippen LogP) is 14.0. The van der Waals surface area contributed by atoms with Crippen molar-refractivity contribution in [2.75, 3.05) is 0 Å². The van der Waals surface area contributed by atoms with E-state index in [0.717, 1.165) is 33.6 Å². The molecule has 0 aliphatic rings. The molecule has 0 saturated heterocycles. The molecule has 4 aromatic heterocycles. The average molecular weight is 712 g/mol. The summed E-state index contributed by atoms with van der Waals surface area (Å²) in [4.78, 5) is 5.10. The van der Waals surface area contributed by atoms with Gasteiger partial charge in [0.2, 0.25) is 0 Å². The van der Waals surface area contributed by atoms with Crippen LogP contribution in [0.15, 0.2) is 200 Å². The molecule has 0 saturated carbocycles. The maximum atomic E-state index is 5.10. The molecule has 3 nitrogen and oxygen atoms in total. The molecule has 0 N–H and O–H groups in total. The van der Waals surface area contributed by atoms with Crippen molar-refractivity contribution < 1.29 is 0 Å². The van der Waals surface area contributed by atoms with Gasteiger partial charge in [-0.25, -0.2) is 4.98 Å². The summed E-state index contributed by atoms with van der Waals surface area (Å²) in [5, 5.41) is 7.49. The SMILES string of the molecule is c1ccc(-c2cc(-c3ccc(-c4ccc5c(c4)c4ccccc4n4c6ccccc6c6ccc7c8ccccc8n5c7c64)cc3)cc(-c3ccccc3)n2)cc1. The minimum Gasteiger partial charge on any atom is -0.307 e. The molecule has 0 fully saturated rings. The second-order valence-electron chi connectivity index (χ2n) is 14.7. The fourth-order valence-electron chi connectivity index (χ4n) is 9.09. The van der Waals surface area contributed by atoms with E-state index in [1.54, 1.807) is 0 Å². The molecular weight excluding hydrogens is 679 g/mol. The molecule has 12 rings (SSSR count). The van der Waals surface area contributed by atoms with Crippen molar-refractivity contribution in [2.24, 2.45) is 0 Å². The Morgan fingerprint density at radius 1 is 0.250 bits per heavy atom. The van der Waals surface area contributed by atoms with Crippen LogP contribution >= 0.6 is 0 Å². The van der Waals surface area contributed by atoms with Gasteiger partial charge in [-0.15, -0.1) is 0 Å². The summed E-state index contributed by atoms with van der Waals surface area (Å²) in [6.45, 7) is 0. The molecule has 0 aliphatic carbocycles. The third-order valence-corrected chi connectivity index (χ3v) is 11.7. The van der Waals surface area contributed by atoms with E-state index >= 15 is 0 Å². The lowest BCUT2D eigenvalue weighted by molar-refractivity contribution is 1.30. The maximum Gasteiger partial charge on any atom is 0.0789 e. The maximum absolute atomic E-state index is 5.10. The first-order valence-electron chi connectivity index (χ1n) is 19.2. The number of fused-ring (bicyclic) bond motifs is 11. The molecule has 8 aromatic carbocycles. The quantitative estimate of drug-likeness (QED) is 0.178. The fourth-order valence-corrected chi connectivity index (χ4v) is 9.09. The Balaban J connectivity index is 1.10. The van der Waals surface area contributed by atoms with Crippen LogP contribution in [0.3, 0.4) is 0 Å². The summed E-state index contributed by atoms with van der Waals surface area (Å²) in [7, 11) is 0. The van der Waals surface area contributed by atoms with Gasteiger partial charge in [0.1, 0.15) is 0 Å². The van der Waals surface area contributed by atoms with Gasteiger partial charge in [0.05, 0.1) is 44.5 Å². The van der Waals surface area contributed by atoms with Crippen molar-refractivity contribution in [3.05, 3.63) is 200 Å². The Bertz CT molecular complexity index is 3440. The van der Waals surface area contributed by atoms with Crippen molar-refractivity contribution in [1.82, 2.24) is 13.8 Å². The van der Waals surface area contributed by atoms with Gasteiger partial charge in [-0.05, 0) is 64.7 Å². The highest BCUT2D eigenvalue weighted by atomic mass is 15.0. The van der Waals surface area contributed by atoms with Crippen molar-refractivity contribution in [1.29, 1.82) is 0 Å². The van der Waals surface area contributed by atoms with Crippen LogP contribution in [-0.4, -0.2) is 13.8 Å². The Morgan fingerprint density at radius 2 is 0.643 bits per heavy atom. The van der Waals surface area contributed by atoms with Crippen molar-refractivity contribution in [3.8, 4) is 44.8 Å². The van der Waals surface area contributed by atoms with Crippen LogP contribution in [0.25, 0.3) is 110 Å². The summed E-state index contributed by atoms with van der Waals surface area (Å²) in [6.07, 6.45) is 0. The highest BCUT2D eigenvalue weighted by molar-refractivity contribution is 6.25. The smallest absolute Gasteiger partial charge is 0.0789 e. The van der Waals surface area contributed by atoms with Crippen LogP contribution in [0.5, 0.6) is 0 Å². The summed E-state index contributed by atoms with van der Waals surface area (Å²) in [5.74, 6) is 0. The number of nitrogens with zero attached hydrogens (tertiary/aromatic N) is 3. The topological polar surface area (TPSA) is 21.7 Å². The van der Waals surface area contributed by atoms with Crippen LogP contribution in [0, 0.1) is 0 Å². The molecule has 4 heterocycles. The highest BCUT2D eigenvalue weighted by Crippen LogP contribution is 2.42. The van der Waals surface area contributed by atoms with E-state index < -0.39 is 0 Å². The van der Waals surface area contributed by atoms with E-state index in [-0.39, 0.29) is 0 Å². The highest BCUT2D eigenvalue weighted by Gasteiger charge is 2.20. The number of hydrogen-bond acceptors (Lipinski definition) is 1. The largest absolute Gasteiger partial charge is 0.307 e. The lowest BCUT2D eigenvalue weighted by Crippen LogP contribution is -1.94. The van der Waals surface area contributed by atoms with E-state index in [1.807, 2.05) is 12.1 Å². The lowest BCUT2D eigenvalue weighted by Gasteiger charge is -2.13. The third-order valence-electron chi connectivity index (χ3n) is 11.7. The summed E-state index contributed by atoms with van der Waals surface area (Å²) in [6, 6.07) is 72.6. The van der Waals surface area contributed by atoms with Gasteiger partial charge >= 0.3 is 0 Å². The molecule has 0 radical (unpaired) electrons. The van der Waals surface area contributed by atoms with E-state index in [2.05, 4.69) is 197 Å². The Kier molecular flexibility index (Phi) is 6.63. The lowest BCUT2D eigenvalue weighted by atomic mass is 9.96. The van der Waals surface area contributed by atoms with Gasteiger partial charge in [0, 0.05) is 43.4 Å². The molecule has 0 aliphatic heterocycles. The number of benzene rings is 8. The van der Waals surface area contributed by atoms with Crippen LogP contribution in [0.2, 0.25) is 0 Å². The van der Waals surface area contributed by atoms with Gasteiger partial charge in [0.25, 0.3) is 0 Å². The molecule has 3 heteroatoms. The first-order chi connectivity index (χ1) is 27.8. The Labute approximate surface area is 323 Å². The predicted molar refractivity (Wildman–Crippen MR) is 235 cm³/mol. The molecule has 0 atom stereocenters. The average Bonchev–Trinajstić information content (AvgIpc) is 3.79. The fraction of sp³-hybridized carbons (Fsp3) is 0. The summed E-state index contributed by atoms with van der Waals surface area (Å²) < 4.78 is 5.02. The van der Waals surface area contributed by atoms with E-state index in [0.29, 0.717) is 0 Å². The van der Waals surface area contributed by atoms with E-state index in [4.69, 9.17) is 4.98 Å². The second-order valence-corrected chi connectivity index (χ2v) is 14.7. The minimum atomic E-state index is 0.965. The molecule has 0 unspecified atom stereocenters. The molecule has 0 bridgehead atoms. The number of pyridine rings is 1. The van der Waals surface area contributed by atoms with Gasteiger partial charge in [-0.1, -0.05) is 158 Å². The van der Waals surface area contributed by atoms with Gasteiger partial charge < -0.3 is 8.80 Å². The molecule has 12 aromatic rings. The van der Waals surface area contributed by atoms with E-state index in [1.165, 1.54) is 76.5 Å². The van der Waals surface area contributed by atoms with Crippen LogP contribution in [0.1, 0.15) is 0 Å². The number of hydrogen-bond donors (Lipinski definition) is 0. The standard InChI is InChI=1S/C53H33N3/c1-3-13-36(14-4-1)46-32-39(33-47(54-46)37-15-5-2-6-16-37)35-25-23-34(24-26-35)38-27-30-51-45(31-38)42-19-9-12-22-50(42)55-48-20-10-7-17-40(48)43-28-29-44-41-18-8-11-21-49(41)56(51)53(44)52(43)55/h1-33H. The molecule has 0 spiro atoms. The number of aromatic nitrogens is 3. The Morgan fingerprint density at radius 3 is 1.14 bits per heavy atom. The second kappa shape index (κ2) is 12.0. The zero-order valence-electron chi connectivity index (χ0n) is 30.4. The first kappa shape index (κ1) is 30.9. The van der Waals surface area contributed by atoms with Gasteiger partial charge in [-0.2, -0.15) is 0 Å². The van der Waals surface area contributed by atoms with Crippen molar-refractivity contribution in [2.45, 2.75) is 0 Å². The molecular formula is C53H33N3. The zero-order chi connectivity index (χ0) is 36.7. The molecule has 0 amide bonds. The summed E-state index contributed by atoms with van der Waals surface area (Å²) in [5.41, 5.74) is 16.1. The first-order valence-corrected chi connectivity index (χ1v) is 19.2. The molecule has 56 heavy (non-hydrogen) atoms. The van der Waals surface area contributed by atoms with Crippen molar-refractivity contribution >= 4 is 65.4 Å². The Hall–Kier alpha value is -7.49. The van der Waals surface area contributed by atoms with Crippen LogP contribution in [0.4, 0.5) is 0 Å².